The second kappa shape index (κ2) is 13.3. The molecule has 0 bridgehead atoms. The van der Waals surface area contributed by atoms with Crippen LogP contribution in [0.25, 0.3) is 0 Å². The lowest BCUT2D eigenvalue weighted by Gasteiger charge is -2.21. The van der Waals surface area contributed by atoms with Crippen molar-refractivity contribution < 1.29 is 14.3 Å². The molecule has 5 nitrogen and oxygen atoms in total. The van der Waals surface area contributed by atoms with E-state index in [2.05, 4.69) is 5.32 Å². The maximum atomic E-state index is 12.5. The number of amides is 1. The highest BCUT2D eigenvalue weighted by Crippen LogP contribution is 2.17. The van der Waals surface area contributed by atoms with Gasteiger partial charge in [-0.2, -0.15) is 0 Å². The van der Waals surface area contributed by atoms with Gasteiger partial charge < -0.3 is 15.8 Å². The topological polar surface area (TPSA) is 81.4 Å². The summed E-state index contributed by atoms with van der Waals surface area (Å²) in [5, 5.41) is 3.08. The molecule has 0 saturated heterocycles. The maximum absolute atomic E-state index is 12.5. The summed E-state index contributed by atoms with van der Waals surface area (Å²) >= 11 is 0. The molecule has 0 aliphatic heterocycles. The molecular weight excluding hydrogens is 352 g/mol. The Hall–Kier alpha value is -1.88. The molecule has 156 valence electrons. The number of benzene rings is 1. The van der Waals surface area contributed by atoms with E-state index in [0.717, 1.165) is 31.2 Å². The Bertz CT molecular complexity index is 564. The lowest BCUT2D eigenvalue weighted by atomic mass is 9.97. The van der Waals surface area contributed by atoms with E-state index in [1.807, 2.05) is 30.3 Å². The summed E-state index contributed by atoms with van der Waals surface area (Å²) in [4.78, 5) is 24.4. The molecule has 1 saturated carbocycles. The Morgan fingerprint density at radius 2 is 1.46 bits per heavy atom. The molecule has 0 aromatic heterocycles. The highest BCUT2D eigenvalue weighted by molar-refractivity contribution is 5.86. The Morgan fingerprint density at radius 3 is 2.04 bits per heavy atom. The SMILES string of the molecule is N[C@@H](CC(=O)OCc1ccccc1)C(=O)NC1CCCCCCCCCCC1. The molecule has 1 amide bonds. The minimum Gasteiger partial charge on any atom is -0.461 e. The van der Waals surface area contributed by atoms with Crippen LogP contribution in [-0.2, 0) is 20.9 Å². The summed E-state index contributed by atoms with van der Waals surface area (Å²) in [6.07, 6.45) is 13.2. The average Bonchev–Trinajstić information content (AvgIpc) is 2.69. The zero-order valence-electron chi connectivity index (χ0n) is 17.0. The zero-order valence-corrected chi connectivity index (χ0v) is 17.0. The normalized spacial score (nSPS) is 18.3. The Labute approximate surface area is 169 Å². The number of ether oxygens (including phenoxy) is 1. The number of carbonyl (C=O) groups excluding carboxylic acids is 2. The molecule has 1 aromatic rings. The van der Waals surface area contributed by atoms with E-state index in [-0.39, 0.29) is 25.0 Å². The number of carbonyl (C=O) groups is 2. The summed E-state index contributed by atoms with van der Waals surface area (Å²) in [5.74, 6) is -0.682. The average molecular weight is 389 g/mol. The van der Waals surface area contributed by atoms with E-state index in [4.69, 9.17) is 10.5 Å². The molecule has 3 N–H and O–H groups in total. The van der Waals surface area contributed by atoms with Gasteiger partial charge in [-0.05, 0) is 18.4 Å². The molecule has 1 aromatic carbocycles. The van der Waals surface area contributed by atoms with E-state index in [9.17, 15) is 9.59 Å². The smallest absolute Gasteiger partial charge is 0.308 e. The summed E-state index contributed by atoms with van der Waals surface area (Å²) in [6.45, 7) is 0.205. The van der Waals surface area contributed by atoms with Crippen molar-refractivity contribution in [3.05, 3.63) is 35.9 Å². The molecular formula is C23H36N2O3. The zero-order chi connectivity index (χ0) is 20.0. The molecule has 5 heteroatoms. The quantitative estimate of drug-likeness (QED) is 0.714. The van der Waals surface area contributed by atoms with E-state index in [1.165, 1.54) is 44.9 Å². The van der Waals surface area contributed by atoms with Gasteiger partial charge in [0.1, 0.15) is 6.61 Å². The second-order valence-electron chi connectivity index (χ2n) is 7.92. The van der Waals surface area contributed by atoms with Gasteiger partial charge in [0.05, 0.1) is 12.5 Å². The van der Waals surface area contributed by atoms with Crippen LogP contribution < -0.4 is 11.1 Å². The minimum absolute atomic E-state index is 0.0919. The van der Waals surface area contributed by atoms with Crippen molar-refractivity contribution in [2.45, 2.75) is 95.7 Å². The number of nitrogens with one attached hydrogen (secondary N) is 1. The van der Waals surface area contributed by atoms with Crippen LogP contribution in [0.4, 0.5) is 0 Å². The molecule has 1 atom stereocenters. The third-order valence-corrected chi connectivity index (χ3v) is 5.42. The van der Waals surface area contributed by atoms with Crippen LogP contribution in [0, 0.1) is 0 Å². The minimum atomic E-state index is -0.857. The van der Waals surface area contributed by atoms with Gasteiger partial charge in [0, 0.05) is 6.04 Å². The van der Waals surface area contributed by atoms with Crippen molar-refractivity contribution in [1.29, 1.82) is 0 Å². The molecule has 0 heterocycles. The Balaban J connectivity index is 1.72. The van der Waals surface area contributed by atoms with Crippen LogP contribution in [0.2, 0.25) is 0 Å². The Morgan fingerprint density at radius 1 is 0.929 bits per heavy atom. The largest absolute Gasteiger partial charge is 0.461 e. The van der Waals surface area contributed by atoms with Crippen LogP contribution in [0.5, 0.6) is 0 Å². The predicted octanol–water partition coefficient (Wildman–Crippen LogP) is 4.24. The van der Waals surface area contributed by atoms with E-state index < -0.39 is 12.0 Å². The van der Waals surface area contributed by atoms with Crippen molar-refractivity contribution in [1.82, 2.24) is 5.32 Å². The van der Waals surface area contributed by atoms with Crippen LogP contribution in [-0.4, -0.2) is 24.0 Å². The lowest BCUT2D eigenvalue weighted by molar-refractivity contribution is -0.146. The van der Waals surface area contributed by atoms with Crippen molar-refractivity contribution in [2.75, 3.05) is 0 Å². The standard InChI is InChI=1S/C23H36N2O3/c24-21(17-22(26)28-18-19-13-9-8-10-14-19)23(27)25-20-15-11-6-4-2-1-3-5-7-12-16-20/h8-10,13-14,20-21H,1-7,11-12,15-18,24H2,(H,25,27)/t21-/m0/s1. The molecule has 1 aliphatic rings. The van der Waals surface area contributed by atoms with Gasteiger partial charge in [-0.3, -0.25) is 9.59 Å². The lowest BCUT2D eigenvalue weighted by Crippen LogP contribution is -2.46. The van der Waals surface area contributed by atoms with Gasteiger partial charge in [0.15, 0.2) is 0 Å². The highest BCUT2D eigenvalue weighted by atomic mass is 16.5. The van der Waals surface area contributed by atoms with Crippen LogP contribution >= 0.6 is 0 Å². The molecule has 28 heavy (non-hydrogen) atoms. The molecule has 0 unspecified atom stereocenters. The monoisotopic (exact) mass is 388 g/mol. The first-order valence-electron chi connectivity index (χ1n) is 10.9. The number of hydrogen-bond acceptors (Lipinski definition) is 4. The first kappa shape index (κ1) is 22.4. The number of rotatable bonds is 6. The second-order valence-corrected chi connectivity index (χ2v) is 7.92. The van der Waals surface area contributed by atoms with Crippen molar-refractivity contribution >= 4 is 11.9 Å². The van der Waals surface area contributed by atoms with Crippen molar-refractivity contribution in [3.63, 3.8) is 0 Å². The van der Waals surface area contributed by atoms with Crippen molar-refractivity contribution in [3.8, 4) is 0 Å². The summed E-state index contributed by atoms with van der Waals surface area (Å²) < 4.78 is 5.23. The van der Waals surface area contributed by atoms with Gasteiger partial charge >= 0.3 is 5.97 Å². The summed E-state index contributed by atoms with van der Waals surface area (Å²) in [5.41, 5.74) is 6.88. The number of esters is 1. The molecule has 0 spiro atoms. The van der Waals surface area contributed by atoms with E-state index in [1.54, 1.807) is 0 Å². The predicted molar refractivity (Wildman–Crippen MR) is 112 cm³/mol. The van der Waals surface area contributed by atoms with E-state index >= 15 is 0 Å². The van der Waals surface area contributed by atoms with Gasteiger partial charge in [-0.1, -0.05) is 88.1 Å². The van der Waals surface area contributed by atoms with Crippen molar-refractivity contribution in [2.24, 2.45) is 5.73 Å². The molecule has 1 fully saturated rings. The third kappa shape index (κ3) is 9.36. The van der Waals surface area contributed by atoms with Gasteiger partial charge in [0.2, 0.25) is 5.91 Å². The summed E-state index contributed by atoms with van der Waals surface area (Å²) in [7, 11) is 0. The fourth-order valence-corrected chi connectivity index (χ4v) is 3.69. The summed E-state index contributed by atoms with van der Waals surface area (Å²) in [6, 6.07) is 8.79. The molecule has 2 rings (SSSR count). The first-order valence-corrected chi connectivity index (χ1v) is 10.9. The fraction of sp³-hybridized carbons (Fsp3) is 0.652. The van der Waals surface area contributed by atoms with Crippen LogP contribution in [0.1, 0.15) is 82.6 Å². The highest BCUT2D eigenvalue weighted by Gasteiger charge is 2.21. The van der Waals surface area contributed by atoms with Gasteiger partial charge in [0.25, 0.3) is 0 Å². The van der Waals surface area contributed by atoms with Crippen LogP contribution in [0.3, 0.4) is 0 Å². The van der Waals surface area contributed by atoms with Gasteiger partial charge in [-0.25, -0.2) is 0 Å². The fourth-order valence-electron chi connectivity index (χ4n) is 3.69. The van der Waals surface area contributed by atoms with E-state index in [0.29, 0.717) is 0 Å². The maximum Gasteiger partial charge on any atom is 0.308 e. The first-order chi connectivity index (χ1) is 13.6. The van der Waals surface area contributed by atoms with Crippen LogP contribution in [0.15, 0.2) is 30.3 Å². The number of hydrogen-bond donors (Lipinski definition) is 2. The number of nitrogens with two attached hydrogens (primary N) is 1. The van der Waals surface area contributed by atoms with Gasteiger partial charge in [-0.15, -0.1) is 0 Å². The Kier molecular flexibility index (Phi) is 10.7. The molecule has 0 radical (unpaired) electrons. The molecule has 1 aliphatic carbocycles. The third-order valence-electron chi connectivity index (χ3n) is 5.42.